The van der Waals surface area contributed by atoms with Crippen molar-refractivity contribution in [1.82, 2.24) is 14.5 Å². The van der Waals surface area contributed by atoms with Gasteiger partial charge in [-0.05, 0) is 46.5 Å². The van der Waals surface area contributed by atoms with Crippen LogP contribution in [-0.2, 0) is 18.3 Å². The number of amides is 1. The lowest BCUT2D eigenvalue weighted by molar-refractivity contribution is -0.115. The summed E-state index contributed by atoms with van der Waals surface area (Å²) in [6.07, 6.45) is 3.80. The molecule has 0 saturated carbocycles. The zero-order valence-corrected chi connectivity index (χ0v) is 18.0. The summed E-state index contributed by atoms with van der Waals surface area (Å²) in [6.45, 7) is 2.02. The average molecular weight is 422 g/mol. The molecule has 2 aromatic heterocycles. The third kappa shape index (κ3) is 3.46. The molecule has 0 bridgehead atoms. The van der Waals surface area contributed by atoms with Crippen LogP contribution in [0.5, 0.6) is 0 Å². The maximum absolute atomic E-state index is 12.8. The van der Waals surface area contributed by atoms with E-state index in [-0.39, 0.29) is 5.91 Å². The highest BCUT2D eigenvalue weighted by atomic mass is 16.1. The predicted octanol–water partition coefficient (Wildman–Crippen LogP) is 4.86. The van der Waals surface area contributed by atoms with E-state index in [0.29, 0.717) is 12.2 Å². The van der Waals surface area contributed by atoms with Crippen LogP contribution in [0, 0.1) is 6.92 Å². The molecular formula is C26H23N5O. The summed E-state index contributed by atoms with van der Waals surface area (Å²) in [5.74, 6) is 0.411. The number of nitrogens with zero attached hydrogens (tertiary/aromatic N) is 3. The number of carbonyl (C=O) groups excluding carboxylic acids is 1. The average Bonchev–Trinajstić information content (AvgIpc) is 3.12. The van der Waals surface area contributed by atoms with Crippen LogP contribution in [0.2, 0.25) is 0 Å². The van der Waals surface area contributed by atoms with Crippen molar-refractivity contribution in [3.8, 4) is 11.1 Å². The molecule has 0 fully saturated rings. The predicted molar refractivity (Wildman–Crippen MR) is 129 cm³/mol. The fraction of sp³-hybridized carbons (Fsp3) is 0.115. The van der Waals surface area contributed by atoms with E-state index in [0.717, 1.165) is 49.7 Å². The maximum atomic E-state index is 12.8. The lowest BCUT2D eigenvalue weighted by Gasteiger charge is -2.11. The Morgan fingerprint density at radius 2 is 1.84 bits per heavy atom. The highest BCUT2D eigenvalue weighted by Crippen LogP contribution is 2.34. The second-order valence-corrected chi connectivity index (χ2v) is 8.00. The van der Waals surface area contributed by atoms with Crippen LogP contribution in [0.3, 0.4) is 0 Å². The van der Waals surface area contributed by atoms with E-state index in [1.807, 2.05) is 67.2 Å². The van der Waals surface area contributed by atoms with Gasteiger partial charge in [-0.2, -0.15) is 0 Å². The summed E-state index contributed by atoms with van der Waals surface area (Å²) in [6, 6.07) is 20.1. The fourth-order valence-electron chi connectivity index (χ4n) is 4.31. The zero-order chi connectivity index (χ0) is 22.2. The summed E-state index contributed by atoms with van der Waals surface area (Å²) < 4.78 is 1.95. The normalized spacial score (nSPS) is 11.2. The molecule has 5 rings (SSSR count). The number of aryl methyl sites for hydroxylation is 2. The molecule has 6 heteroatoms. The Hall–Kier alpha value is -4.19. The number of anilines is 2. The first kappa shape index (κ1) is 19.8. The molecule has 6 nitrogen and oxygen atoms in total. The van der Waals surface area contributed by atoms with Crippen molar-refractivity contribution in [2.75, 3.05) is 11.1 Å². The molecule has 0 atom stereocenters. The molecule has 0 aliphatic carbocycles. The summed E-state index contributed by atoms with van der Waals surface area (Å²) >= 11 is 0. The number of fused-ring (bicyclic) bond motifs is 2. The lowest BCUT2D eigenvalue weighted by Crippen LogP contribution is -2.14. The summed E-state index contributed by atoms with van der Waals surface area (Å²) in [5.41, 5.74) is 11.8. The topological polar surface area (TPSA) is 85.8 Å². The number of nitrogens with one attached hydrogen (secondary N) is 1. The van der Waals surface area contributed by atoms with Crippen LogP contribution in [-0.4, -0.2) is 20.4 Å². The van der Waals surface area contributed by atoms with Gasteiger partial charge in [-0.25, -0.2) is 9.97 Å². The number of benzene rings is 3. The third-order valence-electron chi connectivity index (χ3n) is 5.81. The van der Waals surface area contributed by atoms with E-state index in [1.54, 1.807) is 0 Å². The first-order chi connectivity index (χ1) is 15.5. The monoisotopic (exact) mass is 421 g/mol. The van der Waals surface area contributed by atoms with Crippen LogP contribution in [0.1, 0.15) is 11.1 Å². The molecular weight excluding hydrogens is 398 g/mol. The van der Waals surface area contributed by atoms with E-state index in [2.05, 4.69) is 33.5 Å². The standard InChI is InChI=1S/C26H23N5O/c1-16-12-19(30-23(32)13-18-8-5-7-17-6-3-4-9-21(17)18)10-11-20(16)22-14-31(2)26-24(22)25(27)28-15-29-26/h3-12,14-15H,13H2,1-2H3,(H,30,32)(H2,27,28,29). The van der Waals surface area contributed by atoms with Gasteiger partial charge in [0.2, 0.25) is 5.91 Å². The smallest absolute Gasteiger partial charge is 0.228 e. The van der Waals surface area contributed by atoms with Gasteiger partial charge >= 0.3 is 0 Å². The molecule has 0 aliphatic rings. The van der Waals surface area contributed by atoms with Crippen LogP contribution >= 0.6 is 0 Å². The Bertz CT molecular complexity index is 1480. The van der Waals surface area contributed by atoms with Crippen molar-refractivity contribution in [1.29, 1.82) is 0 Å². The van der Waals surface area contributed by atoms with Crippen LogP contribution < -0.4 is 11.1 Å². The molecule has 0 aliphatic heterocycles. The molecule has 5 aromatic rings. The van der Waals surface area contributed by atoms with Gasteiger partial charge in [0.05, 0.1) is 11.8 Å². The van der Waals surface area contributed by atoms with Gasteiger partial charge in [0.15, 0.2) is 0 Å². The minimum Gasteiger partial charge on any atom is -0.383 e. The molecule has 32 heavy (non-hydrogen) atoms. The van der Waals surface area contributed by atoms with E-state index < -0.39 is 0 Å². The molecule has 158 valence electrons. The van der Waals surface area contributed by atoms with Gasteiger partial charge in [-0.1, -0.05) is 48.5 Å². The van der Waals surface area contributed by atoms with Gasteiger partial charge in [0.1, 0.15) is 17.8 Å². The third-order valence-corrected chi connectivity index (χ3v) is 5.81. The van der Waals surface area contributed by atoms with Crippen molar-refractivity contribution in [3.63, 3.8) is 0 Å². The Kier molecular flexibility index (Phi) is 4.82. The number of carbonyl (C=O) groups is 1. The number of hydrogen-bond acceptors (Lipinski definition) is 4. The molecule has 0 radical (unpaired) electrons. The second kappa shape index (κ2) is 7.81. The van der Waals surface area contributed by atoms with Crippen molar-refractivity contribution in [2.45, 2.75) is 13.3 Å². The van der Waals surface area contributed by atoms with Crippen molar-refractivity contribution in [2.24, 2.45) is 7.05 Å². The first-order valence-electron chi connectivity index (χ1n) is 10.4. The van der Waals surface area contributed by atoms with E-state index >= 15 is 0 Å². The van der Waals surface area contributed by atoms with E-state index in [9.17, 15) is 4.79 Å². The maximum Gasteiger partial charge on any atom is 0.228 e. The second-order valence-electron chi connectivity index (χ2n) is 8.00. The first-order valence-corrected chi connectivity index (χ1v) is 10.4. The molecule has 1 amide bonds. The summed E-state index contributed by atoms with van der Waals surface area (Å²) in [7, 11) is 1.94. The van der Waals surface area contributed by atoms with Crippen molar-refractivity contribution >= 4 is 39.2 Å². The Balaban J connectivity index is 1.41. The molecule has 2 heterocycles. The van der Waals surface area contributed by atoms with Crippen LogP contribution in [0.15, 0.2) is 73.2 Å². The van der Waals surface area contributed by atoms with Gasteiger partial charge in [0.25, 0.3) is 0 Å². The number of nitrogen functional groups attached to an aromatic ring is 1. The lowest BCUT2D eigenvalue weighted by atomic mass is 10.00. The fourth-order valence-corrected chi connectivity index (χ4v) is 4.31. The van der Waals surface area contributed by atoms with E-state index in [4.69, 9.17) is 5.73 Å². The van der Waals surface area contributed by atoms with Gasteiger partial charge in [-0.3, -0.25) is 4.79 Å². The minimum absolute atomic E-state index is 0.0451. The van der Waals surface area contributed by atoms with Crippen molar-refractivity contribution in [3.05, 3.63) is 84.3 Å². The summed E-state index contributed by atoms with van der Waals surface area (Å²) in [4.78, 5) is 21.3. The highest BCUT2D eigenvalue weighted by molar-refractivity contribution is 6.02. The molecule has 0 unspecified atom stereocenters. The SMILES string of the molecule is Cc1cc(NC(=O)Cc2cccc3ccccc23)ccc1-c1cn(C)c2ncnc(N)c12. The quantitative estimate of drug-likeness (QED) is 0.434. The number of aromatic nitrogens is 3. The Morgan fingerprint density at radius 3 is 2.69 bits per heavy atom. The Labute approximate surface area is 185 Å². The molecule has 0 saturated heterocycles. The molecule has 3 aromatic carbocycles. The minimum atomic E-state index is -0.0451. The largest absolute Gasteiger partial charge is 0.383 e. The summed E-state index contributed by atoms with van der Waals surface area (Å²) in [5, 5.41) is 6.11. The zero-order valence-electron chi connectivity index (χ0n) is 18.0. The number of hydrogen-bond donors (Lipinski definition) is 2. The molecule has 0 spiro atoms. The number of rotatable bonds is 4. The van der Waals surface area contributed by atoms with Crippen molar-refractivity contribution < 1.29 is 4.79 Å². The van der Waals surface area contributed by atoms with Crippen LogP contribution in [0.25, 0.3) is 32.9 Å². The Morgan fingerprint density at radius 1 is 1.03 bits per heavy atom. The van der Waals surface area contributed by atoms with Gasteiger partial charge in [-0.15, -0.1) is 0 Å². The molecule has 3 N–H and O–H groups in total. The van der Waals surface area contributed by atoms with E-state index in [1.165, 1.54) is 6.33 Å². The highest BCUT2D eigenvalue weighted by Gasteiger charge is 2.15. The van der Waals surface area contributed by atoms with Gasteiger partial charge in [0, 0.05) is 24.5 Å². The number of nitrogens with two attached hydrogens (primary N) is 1. The van der Waals surface area contributed by atoms with Gasteiger partial charge < -0.3 is 15.6 Å². The van der Waals surface area contributed by atoms with Crippen LogP contribution in [0.4, 0.5) is 11.5 Å².